The molecule has 1 atom stereocenters. The van der Waals surface area contributed by atoms with Crippen molar-refractivity contribution in [3.63, 3.8) is 0 Å². The van der Waals surface area contributed by atoms with E-state index in [1.54, 1.807) is 0 Å². The first-order chi connectivity index (χ1) is 8.63. The summed E-state index contributed by atoms with van der Waals surface area (Å²) in [6, 6.07) is 0. The summed E-state index contributed by atoms with van der Waals surface area (Å²) in [6.45, 7) is 6.58. The van der Waals surface area contributed by atoms with E-state index in [2.05, 4.69) is 39.0 Å². The highest BCUT2D eigenvalue weighted by atomic mass is 16.1. The Morgan fingerprint density at radius 3 is 2.44 bits per heavy atom. The van der Waals surface area contributed by atoms with Crippen molar-refractivity contribution in [1.82, 2.24) is 0 Å². The fraction of sp³-hybridized carbons (Fsp3) is 0.588. The third kappa shape index (κ3) is 5.48. The molecule has 0 aromatic carbocycles. The molecule has 0 amide bonds. The third-order valence-electron chi connectivity index (χ3n) is 3.81. The number of carbonyl (C=O) groups is 1. The molecule has 0 spiro atoms. The second-order valence-corrected chi connectivity index (χ2v) is 5.47. The van der Waals surface area contributed by atoms with E-state index in [9.17, 15) is 4.79 Å². The normalized spacial score (nSPS) is 23.1. The van der Waals surface area contributed by atoms with Crippen LogP contribution in [-0.2, 0) is 4.79 Å². The number of hydrogen-bond acceptors (Lipinski definition) is 1. The predicted molar refractivity (Wildman–Crippen MR) is 78.5 cm³/mol. The van der Waals surface area contributed by atoms with Crippen molar-refractivity contribution in [3.05, 3.63) is 34.9 Å². The zero-order chi connectivity index (χ0) is 13.4. The molecule has 0 radical (unpaired) electrons. The largest absolute Gasteiger partial charge is 0.303 e. The standard InChI is InChI=1S/C17H26O/c1-14-6-4-5-7-15(2)9-11-17(12-13-18)16(3)10-8-14/h6-7,10,13,17H,4-5,8-9,11-12H2,1-3H3. The first-order valence-corrected chi connectivity index (χ1v) is 7.05. The summed E-state index contributed by atoms with van der Waals surface area (Å²) in [5, 5.41) is 0. The molecule has 1 nitrogen and oxygen atoms in total. The third-order valence-corrected chi connectivity index (χ3v) is 3.81. The van der Waals surface area contributed by atoms with Gasteiger partial charge in [0.1, 0.15) is 6.29 Å². The maximum Gasteiger partial charge on any atom is 0.120 e. The van der Waals surface area contributed by atoms with Gasteiger partial charge in [0.05, 0.1) is 0 Å². The Morgan fingerprint density at radius 2 is 1.78 bits per heavy atom. The number of rotatable bonds is 2. The molecule has 0 bridgehead atoms. The minimum Gasteiger partial charge on any atom is -0.303 e. The highest BCUT2D eigenvalue weighted by molar-refractivity contribution is 5.50. The van der Waals surface area contributed by atoms with E-state index >= 15 is 0 Å². The monoisotopic (exact) mass is 246 g/mol. The molecular formula is C17H26O. The van der Waals surface area contributed by atoms with Crippen LogP contribution in [0.15, 0.2) is 34.9 Å². The average molecular weight is 246 g/mol. The maximum atomic E-state index is 10.8. The Labute approximate surface area is 112 Å². The summed E-state index contributed by atoms with van der Waals surface area (Å²) >= 11 is 0. The molecule has 18 heavy (non-hydrogen) atoms. The first kappa shape index (κ1) is 14.9. The smallest absolute Gasteiger partial charge is 0.120 e. The fourth-order valence-electron chi connectivity index (χ4n) is 2.38. The predicted octanol–water partition coefficient (Wildman–Crippen LogP) is 4.99. The minimum absolute atomic E-state index is 0.429. The van der Waals surface area contributed by atoms with Gasteiger partial charge in [0.2, 0.25) is 0 Å². The van der Waals surface area contributed by atoms with Crippen LogP contribution in [0.5, 0.6) is 0 Å². The Bertz CT molecular complexity index is 358. The van der Waals surface area contributed by atoms with E-state index in [4.69, 9.17) is 0 Å². The van der Waals surface area contributed by atoms with Crippen molar-refractivity contribution in [2.24, 2.45) is 5.92 Å². The van der Waals surface area contributed by atoms with Crippen LogP contribution in [-0.4, -0.2) is 6.29 Å². The van der Waals surface area contributed by atoms with Gasteiger partial charge in [-0.15, -0.1) is 0 Å². The van der Waals surface area contributed by atoms with E-state index < -0.39 is 0 Å². The van der Waals surface area contributed by atoms with Crippen molar-refractivity contribution in [1.29, 1.82) is 0 Å². The molecule has 1 unspecified atom stereocenters. The molecule has 0 heterocycles. The van der Waals surface area contributed by atoms with Gasteiger partial charge in [-0.05, 0) is 58.8 Å². The first-order valence-electron chi connectivity index (χ1n) is 7.05. The highest BCUT2D eigenvalue weighted by Gasteiger charge is 2.10. The summed E-state index contributed by atoms with van der Waals surface area (Å²) < 4.78 is 0. The Hall–Kier alpha value is -1.11. The van der Waals surface area contributed by atoms with Gasteiger partial charge < -0.3 is 4.79 Å². The molecule has 100 valence electrons. The van der Waals surface area contributed by atoms with E-state index in [1.165, 1.54) is 16.7 Å². The molecule has 1 heteroatoms. The number of allylic oxidation sites excluding steroid dienone is 6. The zero-order valence-electron chi connectivity index (χ0n) is 12.0. The summed E-state index contributed by atoms with van der Waals surface area (Å²) in [6.07, 6.45) is 14.3. The molecule has 1 aliphatic rings. The van der Waals surface area contributed by atoms with Crippen LogP contribution in [0.1, 0.15) is 59.3 Å². The van der Waals surface area contributed by atoms with Gasteiger partial charge in [-0.25, -0.2) is 0 Å². The molecule has 0 aromatic heterocycles. The molecular weight excluding hydrogens is 220 g/mol. The average Bonchev–Trinajstić information content (AvgIpc) is 2.35. The lowest BCUT2D eigenvalue weighted by atomic mass is 9.89. The van der Waals surface area contributed by atoms with Crippen LogP contribution in [0.3, 0.4) is 0 Å². The van der Waals surface area contributed by atoms with Crippen molar-refractivity contribution in [3.8, 4) is 0 Å². The molecule has 0 aromatic rings. The topological polar surface area (TPSA) is 17.1 Å². The highest BCUT2D eigenvalue weighted by Crippen LogP contribution is 2.24. The van der Waals surface area contributed by atoms with E-state index in [-0.39, 0.29) is 0 Å². The lowest BCUT2D eigenvalue weighted by Crippen LogP contribution is -2.04. The van der Waals surface area contributed by atoms with Crippen molar-refractivity contribution in [2.45, 2.75) is 59.3 Å². The minimum atomic E-state index is 0.429. The van der Waals surface area contributed by atoms with Crippen LogP contribution in [0.25, 0.3) is 0 Å². The summed E-state index contributed by atoms with van der Waals surface area (Å²) in [5.74, 6) is 0.429. The van der Waals surface area contributed by atoms with Crippen LogP contribution >= 0.6 is 0 Å². The van der Waals surface area contributed by atoms with Crippen molar-refractivity contribution in [2.75, 3.05) is 0 Å². The van der Waals surface area contributed by atoms with Crippen LogP contribution in [0.4, 0.5) is 0 Å². The summed E-state index contributed by atoms with van der Waals surface area (Å²) in [5.41, 5.74) is 4.28. The molecule has 0 aliphatic heterocycles. The SMILES string of the molecule is CC1=CCCC=C(C)CCC(CC=O)C(C)=CC1. The molecule has 0 fully saturated rings. The Balaban J connectivity index is 2.83. The van der Waals surface area contributed by atoms with Gasteiger partial charge in [0, 0.05) is 6.42 Å². The van der Waals surface area contributed by atoms with E-state index in [0.717, 1.165) is 38.4 Å². The van der Waals surface area contributed by atoms with Crippen molar-refractivity contribution >= 4 is 6.29 Å². The summed E-state index contributed by atoms with van der Waals surface area (Å²) in [4.78, 5) is 10.8. The van der Waals surface area contributed by atoms with Gasteiger partial charge in [-0.2, -0.15) is 0 Å². The van der Waals surface area contributed by atoms with Crippen molar-refractivity contribution < 1.29 is 4.79 Å². The molecule has 0 saturated heterocycles. The number of aldehydes is 1. The Morgan fingerprint density at radius 1 is 1.11 bits per heavy atom. The zero-order valence-corrected chi connectivity index (χ0v) is 12.0. The van der Waals surface area contributed by atoms with Gasteiger partial charge in [0.25, 0.3) is 0 Å². The van der Waals surface area contributed by atoms with Gasteiger partial charge in [-0.1, -0.05) is 34.9 Å². The molecule has 1 rings (SSSR count). The number of hydrogen-bond donors (Lipinski definition) is 0. The molecule has 1 aliphatic carbocycles. The van der Waals surface area contributed by atoms with Crippen LogP contribution in [0, 0.1) is 5.92 Å². The lowest BCUT2D eigenvalue weighted by Gasteiger charge is -2.16. The fourth-order valence-corrected chi connectivity index (χ4v) is 2.38. The quantitative estimate of drug-likeness (QED) is 0.495. The second-order valence-electron chi connectivity index (χ2n) is 5.47. The van der Waals surface area contributed by atoms with Crippen LogP contribution in [0.2, 0.25) is 0 Å². The van der Waals surface area contributed by atoms with Gasteiger partial charge in [0.15, 0.2) is 0 Å². The number of carbonyl (C=O) groups excluding carboxylic acids is 1. The molecule has 0 N–H and O–H groups in total. The lowest BCUT2D eigenvalue weighted by molar-refractivity contribution is -0.108. The van der Waals surface area contributed by atoms with Crippen LogP contribution < -0.4 is 0 Å². The van der Waals surface area contributed by atoms with Gasteiger partial charge in [-0.3, -0.25) is 0 Å². The van der Waals surface area contributed by atoms with E-state index in [1.807, 2.05) is 0 Å². The van der Waals surface area contributed by atoms with Gasteiger partial charge >= 0.3 is 0 Å². The molecule has 0 saturated carbocycles. The summed E-state index contributed by atoms with van der Waals surface area (Å²) in [7, 11) is 0. The Kier molecular flexibility index (Phi) is 6.70. The maximum absolute atomic E-state index is 10.8. The van der Waals surface area contributed by atoms with E-state index in [0.29, 0.717) is 12.3 Å². The second kappa shape index (κ2) is 8.07.